The van der Waals surface area contributed by atoms with Crippen LogP contribution in [0.4, 0.5) is 9.18 Å². The van der Waals surface area contributed by atoms with Gasteiger partial charge in [-0.1, -0.05) is 18.2 Å². The van der Waals surface area contributed by atoms with Gasteiger partial charge < -0.3 is 15.7 Å². The highest BCUT2D eigenvalue weighted by Crippen LogP contribution is 2.36. The Balaban J connectivity index is 1.80. The minimum atomic E-state index is -3.88. The van der Waals surface area contributed by atoms with Gasteiger partial charge in [-0.15, -0.1) is 11.3 Å². The predicted octanol–water partition coefficient (Wildman–Crippen LogP) is 2.13. The minimum absolute atomic E-state index is 0.137. The summed E-state index contributed by atoms with van der Waals surface area (Å²) in [6.45, 7) is -0.190. The first-order chi connectivity index (χ1) is 13.7. The van der Waals surface area contributed by atoms with Crippen molar-refractivity contribution in [1.82, 2.24) is 9.79 Å². The monoisotopic (exact) mass is 441 g/mol. The number of hydrogen-bond donors (Lipinski definition) is 3. The Morgan fingerprint density at radius 2 is 2.10 bits per heavy atom. The van der Waals surface area contributed by atoms with Crippen LogP contribution < -0.4 is 11.2 Å². The first-order valence-corrected chi connectivity index (χ1v) is 10.9. The Bertz CT molecular complexity index is 1030. The summed E-state index contributed by atoms with van der Waals surface area (Å²) in [7, 11) is -2.51. The van der Waals surface area contributed by atoms with Crippen molar-refractivity contribution >= 4 is 33.2 Å². The van der Waals surface area contributed by atoms with Gasteiger partial charge in [-0.3, -0.25) is 0 Å². The molecule has 8 nitrogen and oxygen atoms in total. The van der Waals surface area contributed by atoms with E-state index in [0.29, 0.717) is 34.5 Å². The molecule has 1 aliphatic carbocycles. The van der Waals surface area contributed by atoms with Crippen molar-refractivity contribution in [2.24, 2.45) is 5.73 Å². The molecule has 0 radical (unpaired) electrons. The number of carbonyl (C=O) groups is 1. The molecule has 1 aliphatic rings. The number of allylic oxidation sites excluding steroid dienone is 1. The van der Waals surface area contributed by atoms with Crippen molar-refractivity contribution in [1.29, 1.82) is 0 Å². The molecule has 1 atom stereocenters. The van der Waals surface area contributed by atoms with Gasteiger partial charge in [0.15, 0.2) is 0 Å². The molecule has 1 unspecified atom stereocenters. The maximum atomic E-state index is 13.1. The maximum Gasteiger partial charge on any atom is 0.428 e. The molecule has 3 rings (SSSR count). The second-order valence-electron chi connectivity index (χ2n) is 6.44. The van der Waals surface area contributed by atoms with E-state index in [1.54, 1.807) is 6.08 Å². The van der Waals surface area contributed by atoms with Gasteiger partial charge >= 0.3 is 6.09 Å². The summed E-state index contributed by atoms with van der Waals surface area (Å²) in [6, 6.07) is 5.23. The number of fused-ring (bicyclic) bond motifs is 1. The lowest BCUT2D eigenvalue weighted by Gasteiger charge is -2.22. The maximum absolute atomic E-state index is 13.1. The molecule has 1 aromatic carbocycles. The summed E-state index contributed by atoms with van der Waals surface area (Å²) in [5.74, 6) is -0.440. The molecule has 1 heterocycles. The minimum Gasteiger partial charge on any atom is -0.387 e. The highest BCUT2D eigenvalue weighted by molar-refractivity contribution is 7.89. The second-order valence-corrected chi connectivity index (χ2v) is 9.33. The molecule has 29 heavy (non-hydrogen) atoms. The van der Waals surface area contributed by atoms with E-state index in [1.807, 2.05) is 0 Å². The van der Waals surface area contributed by atoms with Gasteiger partial charge in [0.1, 0.15) is 5.82 Å². The van der Waals surface area contributed by atoms with Crippen LogP contribution in [0.3, 0.4) is 0 Å². The molecule has 0 spiro atoms. The molecular formula is C18H20FN3O5S2. The van der Waals surface area contributed by atoms with E-state index in [9.17, 15) is 22.7 Å². The molecule has 2 aromatic rings. The van der Waals surface area contributed by atoms with Gasteiger partial charge in [0.05, 0.1) is 21.6 Å². The van der Waals surface area contributed by atoms with Crippen LogP contribution in [0, 0.1) is 5.82 Å². The molecule has 0 bridgehead atoms. The Morgan fingerprint density at radius 3 is 2.76 bits per heavy atom. The van der Waals surface area contributed by atoms with Crippen LogP contribution in [0.2, 0.25) is 0 Å². The summed E-state index contributed by atoms with van der Waals surface area (Å²) in [5, 5.41) is 11.9. The number of carbonyl (C=O) groups excluding carboxylic acids is 1. The smallest absolute Gasteiger partial charge is 0.387 e. The molecule has 1 amide bonds. The number of nitrogens with zero attached hydrogens (tertiary/aromatic N) is 1. The number of aliphatic hydroxyl groups excluding tert-OH is 1. The first-order valence-electron chi connectivity index (χ1n) is 8.63. The summed E-state index contributed by atoms with van der Waals surface area (Å²) in [4.78, 5) is 16.2. The highest BCUT2D eigenvalue weighted by Gasteiger charge is 2.30. The number of halogens is 1. The summed E-state index contributed by atoms with van der Waals surface area (Å²) >= 11 is 1.20. The first kappa shape index (κ1) is 21.2. The normalized spacial score (nSPS) is 14.8. The summed E-state index contributed by atoms with van der Waals surface area (Å²) in [6.07, 6.45) is 0.741. The van der Waals surface area contributed by atoms with Gasteiger partial charge in [0, 0.05) is 19.0 Å². The fourth-order valence-electron chi connectivity index (χ4n) is 2.99. The lowest BCUT2D eigenvalue weighted by atomic mass is 10.0. The lowest BCUT2D eigenvalue weighted by molar-refractivity contribution is 0.126. The van der Waals surface area contributed by atoms with Crippen molar-refractivity contribution < 1.29 is 27.5 Å². The number of hydrogen-bond acceptors (Lipinski definition) is 7. The zero-order chi connectivity index (χ0) is 21.2. The Morgan fingerprint density at radius 1 is 1.41 bits per heavy atom. The summed E-state index contributed by atoms with van der Waals surface area (Å²) < 4.78 is 40.3. The van der Waals surface area contributed by atoms with Crippen molar-refractivity contribution in [2.45, 2.75) is 23.8 Å². The average molecular weight is 442 g/mol. The molecule has 0 aliphatic heterocycles. The van der Waals surface area contributed by atoms with E-state index in [2.05, 4.69) is 10.3 Å². The van der Waals surface area contributed by atoms with Crippen molar-refractivity contribution in [3.05, 3.63) is 57.5 Å². The van der Waals surface area contributed by atoms with Crippen LogP contribution in [-0.2, 0) is 21.3 Å². The Hall–Kier alpha value is -2.47. The number of aliphatic hydroxyl groups is 1. The van der Waals surface area contributed by atoms with Crippen molar-refractivity contribution in [3.63, 3.8) is 0 Å². The third kappa shape index (κ3) is 4.58. The van der Waals surface area contributed by atoms with Gasteiger partial charge in [-0.2, -0.15) is 4.31 Å². The fourth-order valence-corrected chi connectivity index (χ4v) is 5.85. The third-order valence-electron chi connectivity index (χ3n) is 4.48. The number of nitrogens with one attached hydrogen (secondary N) is 1. The van der Waals surface area contributed by atoms with Gasteiger partial charge in [-0.25, -0.2) is 23.1 Å². The summed E-state index contributed by atoms with van der Waals surface area (Å²) in [5.41, 5.74) is 8.90. The van der Waals surface area contributed by atoms with Crippen LogP contribution in [0.25, 0.3) is 5.70 Å². The van der Waals surface area contributed by atoms with Crippen LogP contribution in [0.15, 0.2) is 40.6 Å². The highest BCUT2D eigenvalue weighted by atomic mass is 32.2. The fraction of sp³-hybridized carbons (Fsp3) is 0.278. The van der Waals surface area contributed by atoms with E-state index < -0.39 is 28.0 Å². The molecule has 1 aromatic heterocycles. The largest absolute Gasteiger partial charge is 0.428 e. The zero-order valence-corrected chi connectivity index (χ0v) is 17.1. The lowest BCUT2D eigenvalue weighted by Crippen LogP contribution is -2.31. The third-order valence-corrected chi connectivity index (χ3v) is 7.57. The molecule has 0 fully saturated rings. The van der Waals surface area contributed by atoms with Crippen LogP contribution in [-0.4, -0.2) is 37.5 Å². The van der Waals surface area contributed by atoms with Gasteiger partial charge in [0.25, 0.3) is 0 Å². The van der Waals surface area contributed by atoms with E-state index in [-0.39, 0.29) is 11.4 Å². The molecule has 156 valence electrons. The van der Waals surface area contributed by atoms with Crippen molar-refractivity contribution in [2.75, 3.05) is 13.6 Å². The number of primary amides is 1. The van der Waals surface area contributed by atoms with Crippen molar-refractivity contribution in [3.8, 4) is 0 Å². The van der Waals surface area contributed by atoms with Gasteiger partial charge in [0.2, 0.25) is 10.0 Å². The number of nitrogens with two attached hydrogens (primary N) is 1. The topological polar surface area (TPSA) is 122 Å². The number of likely N-dealkylation sites (N-methyl/N-ethyl adjacent to an activating group) is 1. The number of amides is 1. The second kappa shape index (κ2) is 8.49. The van der Waals surface area contributed by atoms with E-state index in [1.165, 1.54) is 48.0 Å². The Kier molecular flexibility index (Phi) is 6.22. The number of hydroxylamine groups is 1. The number of rotatable bonds is 7. The number of thiophene rings is 1. The number of benzene rings is 1. The molecule has 11 heteroatoms. The SMILES string of the molecule is CN(CC(O)c1ccc(F)cc1)S(=O)(=O)c1csc2c1CCC=C2NOC(N)=O. The standard InChI is InChI=1S/C18H20FN3O5S2/c1-22(9-15(23)11-5-7-12(19)8-6-11)29(25,26)16-10-28-17-13(16)3-2-4-14(17)21-27-18(20)24/h4-8,10,15,21,23H,2-3,9H2,1H3,(H2,20,24). The van der Waals surface area contributed by atoms with Gasteiger partial charge in [-0.05, 0) is 36.1 Å². The zero-order valence-electron chi connectivity index (χ0n) is 15.5. The average Bonchev–Trinajstić information content (AvgIpc) is 3.12. The van der Waals surface area contributed by atoms with Crippen LogP contribution in [0.5, 0.6) is 0 Å². The Labute approximate surface area is 171 Å². The molecule has 4 N–H and O–H groups in total. The predicted molar refractivity (Wildman–Crippen MR) is 106 cm³/mol. The quantitative estimate of drug-likeness (QED) is 0.566. The van der Waals surface area contributed by atoms with Crippen LogP contribution in [0.1, 0.15) is 28.5 Å². The number of sulfonamides is 1. The molecule has 0 saturated carbocycles. The van der Waals surface area contributed by atoms with Crippen LogP contribution >= 0.6 is 11.3 Å². The van der Waals surface area contributed by atoms with E-state index in [0.717, 1.165) is 4.31 Å². The molecule has 0 saturated heterocycles. The molecular weight excluding hydrogens is 421 g/mol. The van der Waals surface area contributed by atoms with E-state index in [4.69, 9.17) is 5.73 Å². The van der Waals surface area contributed by atoms with E-state index >= 15 is 0 Å².